The third-order valence-electron chi connectivity index (χ3n) is 2.88. The number of hydrogen-bond acceptors (Lipinski definition) is 4. The zero-order chi connectivity index (χ0) is 16.3. The molecule has 0 aliphatic carbocycles. The molecule has 2 rings (SSSR count). The number of rotatable bonds is 5. The van der Waals surface area contributed by atoms with E-state index in [-0.39, 0.29) is 11.4 Å². The van der Waals surface area contributed by atoms with Crippen LogP contribution in [0.4, 0.5) is 5.69 Å². The summed E-state index contributed by atoms with van der Waals surface area (Å²) in [5.74, 6) is -0.482. The lowest BCUT2D eigenvalue weighted by Gasteiger charge is -2.08. The Morgan fingerprint density at radius 1 is 1.27 bits per heavy atom. The zero-order valence-corrected chi connectivity index (χ0v) is 13.5. The maximum Gasteiger partial charge on any atom is 0.244 e. The van der Waals surface area contributed by atoms with Crippen molar-refractivity contribution in [2.24, 2.45) is 0 Å². The maximum atomic E-state index is 12.2. The third kappa shape index (κ3) is 3.85. The summed E-state index contributed by atoms with van der Waals surface area (Å²) in [6, 6.07) is 6.50. The number of sulfonamides is 1. The third-order valence-corrected chi connectivity index (χ3v) is 4.80. The van der Waals surface area contributed by atoms with Gasteiger partial charge in [-0.25, -0.2) is 13.1 Å². The van der Waals surface area contributed by atoms with E-state index in [0.717, 1.165) is 0 Å². The predicted molar refractivity (Wildman–Crippen MR) is 83.3 cm³/mol. The largest absolute Gasteiger partial charge is 0.325 e. The Balaban J connectivity index is 2.00. The highest BCUT2D eigenvalue weighted by atomic mass is 35.5. The molecule has 2 aromatic rings. The van der Waals surface area contributed by atoms with E-state index in [2.05, 4.69) is 20.2 Å². The second kappa shape index (κ2) is 6.47. The normalized spacial score (nSPS) is 11.4. The fraction of sp³-hybridized carbons (Fsp3) is 0.231. The van der Waals surface area contributed by atoms with E-state index in [4.69, 9.17) is 11.6 Å². The Kier molecular flexibility index (Phi) is 4.84. The number of carbonyl (C=O) groups is 1. The lowest BCUT2D eigenvalue weighted by Crippen LogP contribution is -2.33. The molecule has 0 fully saturated rings. The van der Waals surface area contributed by atoms with Gasteiger partial charge in [0.25, 0.3) is 0 Å². The number of H-pyrrole nitrogens is 1. The van der Waals surface area contributed by atoms with E-state index in [1.165, 1.54) is 0 Å². The molecule has 1 heterocycles. The van der Waals surface area contributed by atoms with Gasteiger partial charge in [-0.2, -0.15) is 5.10 Å². The molecular formula is C13H15ClN4O3S. The molecule has 0 unspecified atom stereocenters. The topological polar surface area (TPSA) is 104 Å². The van der Waals surface area contributed by atoms with Crippen molar-refractivity contribution in [3.05, 3.63) is 40.7 Å². The highest BCUT2D eigenvalue weighted by Gasteiger charge is 2.22. The fourth-order valence-electron chi connectivity index (χ4n) is 1.91. The first-order chi connectivity index (χ1) is 10.3. The minimum absolute atomic E-state index is 0.0618. The summed E-state index contributed by atoms with van der Waals surface area (Å²) in [6.45, 7) is 2.79. The Morgan fingerprint density at radius 2 is 1.91 bits per heavy atom. The monoisotopic (exact) mass is 342 g/mol. The smallest absolute Gasteiger partial charge is 0.244 e. The molecule has 3 N–H and O–H groups in total. The van der Waals surface area contributed by atoms with Gasteiger partial charge in [-0.05, 0) is 38.1 Å². The summed E-state index contributed by atoms with van der Waals surface area (Å²) in [5, 5.41) is 9.54. The van der Waals surface area contributed by atoms with Crippen LogP contribution in [0.5, 0.6) is 0 Å². The Labute approximate surface area is 133 Å². The highest BCUT2D eigenvalue weighted by Crippen LogP contribution is 2.16. The van der Waals surface area contributed by atoms with E-state index in [9.17, 15) is 13.2 Å². The lowest BCUT2D eigenvalue weighted by molar-refractivity contribution is -0.115. The average Bonchev–Trinajstić information content (AvgIpc) is 2.79. The van der Waals surface area contributed by atoms with Crippen LogP contribution in [-0.4, -0.2) is 31.1 Å². The number of nitrogens with one attached hydrogen (secondary N) is 3. The first-order valence-corrected chi connectivity index (χ1v) is 8.22. The molecule has 0 saturated carbocycles. The highest BCUT2D eigenvalue weighted by molar-refractivity contribution is 7.89. The second-order valence-electron chi connectivity index (χ2n) is 4.64. The van der Waals surface area contributed by atoms with Gasteiger partial charge in [0.1, 0.15) is 4.90 Å². The summed E-state index contributed by atoms with van der Waals surface area (Å²) in [5.41, 5.74) is 1.30. The molecule has 0 aliphatic rings. The number of halogens is 1. The molecule has 1 aromatic carbocycles. The van der Waals surface area contributed by atoms with Crippen LogP contribution in [0.15, 0.2) is 29.2 Å². The molecule has 0 saturated heterocycles. The van der Waals surface area contributed by atoms with E-state index in [1.807, 2.05) is 0 Å². The fourth-order valence-corrected chi connectivity index (χ4v) is 3.38. The molecule has 7 nitrogen and oxygen atoms in total. The van der Waals surface area contributed by atoms with Gasteiger partial charge in [-0.3, -0.25) is 9.89 Å². The summed E-state index contributed by atoms with van der Waals surface area (Å²) < 4.78 is 26.6. The van der Waals surface area contributed by atoms with Gasteiger partial charge in [0.2, 0.25) is 15.9 Å². The minimum atomic E-state index is -3.80. The van der Waals surface area contributed by atoms with Crippen molar-refractivity contribution < 1.29 is 13.2 Å². The van der Waals surface area contributed by atoms with Gasteiger partial charge in [0, 0.05) is 10.7 Å². The summed E-state index contributed by atoms with van der Waals surface area (Å²) in [6.07, 6.45) is 0. The number of hydrogen-bond donors (Lipinski definition) is 3. The van der Waals surface area contributed by atoms with Crippen molar-refractivity contribution in [3.63, 3.8) is 0 Å². The van der Waals surface area contributed by atoms with Gasteiger partial charge in [0.15, 0.2) is 0 Å². The number of aromatic nitrogens is 2. The standard InChI is InChI=1S/C13H15ClN4O3S/c1-8-13(9(2)18-17-8)22(20,21)15-7-12(19)16-11-5-3-10(14)4-6-11/h3-6,15H,7H2,1-2H3,(H,16,19)(H,17,18). The molecule has 1 aromatic heterocycles. The van der Waals surface area contributed by atoms with Gasteiger partial charge in [-0.15, -0.1) is 0 Å². The SMILES string of the molecule is Cc1n[nH]c(C)c1S(=O)(=O)NCC(=O)Nc1ccc(Cl)cc1. The number of aryl methyl sites for hydroxylation is 2. The van der Waals surface area contributed by atoms with Gasteiger partial charge >= 0.3 is 0 Å². The molecule has 0 aliphatic heterocycles. The first-order valence-electron chi connectivity index (χ1n) is 6.36. The predicted octanol–water partition coefficient (Wildman–Crippen LogP) is 1.60. The molecule has 0 radical (unpaired) electrons. The number of benzene rings is 1. The van der Waals surface area contributed by atoms with Crippen molar-refractivity contribution in [2.45, 2.75) is 18.7 Å². The van der Waals surface area contributed by atoms with Crippen LogP contribution in [0.25, 0.3) is 0 Å². The first kappa shape index (κ1) is 16.5. The average molecular weight is 343 g/mol. The van der Waals surface area contributed by atoms with Crippen molar-refractivity contribution in [1.82, 2.24) is 14.9 Å². The summed E-state index contributed by atoms with van der Waals surface area (Å²) in [7, 11) is -3.80. The van der Waals surface area contributed by atoms with Gasteiger partial charge in [0.05, 0.1) is 17.9 Å². The van der Waals surface area contributed by atoms with Crippen LogP contribution in [0.2, 0.25) is 5.02 Å². The second-order valence-corrected chi connectivity index (χ2v) is 6.78. The van der Waals surface area contributed by atoms with E-state index in [0.29, 0.717) is 22.1 Å². The van der Waals surface area contributed by atoms with Crippen LogP contribution >= 0.6 is 11.6 Å². The van der Waals surface area contributed by atoms with Crippen molar-refractivity contribution in [3.8, 4) is 0 Å². The summed E-state index contributed by atoms with van der Waals surface area (Å²) >= 11 is 5.74. The Bertz CT molecular complexity index is 765. The van der Waals surface area contributed by atoms with E-state index < -0.39 is 15.9 Å². The Hall–Kier alpha value is -1.90. The number of amides is 1. The number of carbonyl (C=O) groups excluding carboxylic acids is 1. The molecule has 0 spiro atoms. The van der Waals surface area contributed by atoms with Crippen molar-refractivity contribution in [1.29, 1.82) is 0 Å². The summed E-state index contributed by atoms with van der Waals surface area (Å²) in [4.78, 5) is 11.9. The van der Waals surface area contributed by atoms with Crippen LogP contribution in [0.1, 0.15) is 11.4 Å². The molecule has 118 valence electrons. The number of nitrogens with zero attached hydrogens (tertiary/aromatic N) is 1. The van der Waals surface area contributed by atoms with E-state index in [1.54, 1.807) is 38.1 Å². The van der Waals surface area contributed by atoms with Crippen molar-refractivity contribution in [2.75, 3.05) is 11.9 Å². The molecule has 1 amide bonds. The molecule has 22 heavy (non-hydrogen) atoms. The quantitative estimate of drug-likeness (QED) is 0.767. The van der Waals surface area contributed by atoms with Crippen LogP contribution in [-0.2, 0) is 14.8 Å². The molecule has 0 bridgehead atoms. The Morgan fingerprint density at radius 3 is 2.45 bits per heavy atom. The minimum Gasteiger partial charge on any atom is -0.325 e. The number of anilines is 1. The maximum absolute atomic E-state index is 12.2. The van der Waals surface area contributed by atoms with Crippen LogP contribution in [0.3, 0.4) is 0 Å². The lowest BCUT2D eigenvalue weighted by atomic mass is 10.3. The zero-order valence-electron chi connectivity index (χ0n) is 12.0. The molecule has 0 atom stereocenters. The van der Waals surface area contributed by atoms with Crippen molar-refractivity contribution >= 4 is 33.2 Å². The molecule has 9 heteroatoms. The molecular weight excluding hydrogens is 328 g/mol. The number of aromatic amines is 1. The van der Waals surface area contributed by atoms with E-state index >= 15 is 0 Å². The van der Waals surface area contributed by atoms with Gasteiger partial charge in [-0.1, -0.05) is 11.6 Å². The van der Waals surface area contributed by atoms with Crippen LogP contribution in [0, 0.1) is 13.8 Å². The van der Waals surface area contributed by atoms with Crippen LogP contribution < -0.4 is 10.0 Å². The van der Waals surface area contributed by atoms with Gasteiger partial charge < -0.3 is 5.32 Å².